The lowest BCUT2D eigenvalue weighted by atomic mass is 9.77. The van der Waals surface area contributed by atoms with Crippen LogP contribution in [0.1, 0.15) is 74.1 Å². The second kappa shape index (κ2) is 9.02. The minimum absolute atomic E-state index is 0.0441. The Labute approximate surface area is 138 Å². The molecular weight excluding hydrogens is 268 g/mol. The van der Waals surface area contributed by atoms with Crippen LogP contribution < -0.4 is 0 Å². The van der Waals surface area contributed by atoms with Gasteiger partial charge in [-0.1, -0.05) is 80.0 Å². The topological polar surface area (TPSA) is 20.2 Å². The molecule has 0 aliphatic heterocycles. The largest absolute Gasteiger partial charge is 0.509 e. The van der Waals surface area contributed by atoms with E-state index in [1.807, 2.05) is 0 Å². The molecule has 0 amide bonds. The van der Waals surface area contributed by atoms with Gasteiger partial charge in [0.25, 0.3) is 0 Å². The average Bonchev–Trinajstić information content (AvgIpc) is 2.60. The third-order valence-corrected chi connectivity index (χ3v) is 4.40. The summed E-state index contributed by atoms with van der Waals surface area (Å²) in [5.74, 6) is 0.796. The molecule has 1 aliphatic carbocycles. The van der Waals surface area contributed by atoms with Crippen LogP contribution in [0.2, 0.25) is 0 Å². The van der Waals surface area contributed by atoms with E-state index in [4.69, 9.17) is 0 Å². The Balaban J connectivity index is 0.00000135. The van der Waals surface area contributed by atoms with Crippen LogP contribution in [0, 0.1) is 11.3 Å². The number of aliphatic hydroxyl groups excluding tert-OH is 1. The Morgan fingerprint density at radius 1 is 1.23 bits per heavy atom. The lowest BCUT2D eigenvalue weighted by Gasteiger charge is -2.27. The van der Waals surface area contributed by atoms with Crippen LogP contribution in [0.15, 0.2) is 47.3 Å². The fourth-order valence-corrected chi connectivity index (χ4v) is 2.99. The lowest BCUT2D eigenvalue weighted by molar-refractivity contribution is 0.428. The van der Waals surface area contributed by atoms with E-state index in [0.717, 1.165) is 24.0 Å². The van der Waals surface area contributed by atoms with E-state index in [0.29, 0.717) is 5.92 Å². The van der Waals surface area contributed by atoms with Gasteiger partial charge in [-0.15, -0.1) is 0 Å². The van der Waals surface area contributed by atoms with Crippen LogP contribution >= 0.6 is 0 Å². The first kappa shape index (κ1) is 20.8. The SMILES string of the molecule is C=C(O)/C=C1\C(=C)C(CC)=C(CC(C)CC)C1(C)C.CCC. The fraction of sp³-hybridized carbons (Fsp3) is 0.619. The summed E-state index contributed by atoms with van der Waals surface area (Å²) in [6.07, 6.45) is 6.33. The Morgan fingerprint density at radius 3 is 2.09 bits per heavy atom. The van der Waals surface area contributed by atoms with Crippen molar-refractivity contribution in [2.24, 2.45) is 11.3 Å². The van der Waals surface area contributed by atoms with Crippen molar-refractivity contribution in [3.05, 3.63) is 47.3 Å². The van der Waals surface area contributed by atoms with Gasteiger partial charge in [0.1, 0.15) is 5.76 Å². The average molecular weight is 305 g/mol. The number of hydrogen-bond acceptors (Lipinski definition) is 1. The van der Waals surface area contributed by atoms with Crippen molar-refractivity contribution in [1.29, 1.82) is 0 Å². The lowest BCUT2D eigenvalue weighted by Crippen LogP contribution is -2.15. The molecule has 1 nitrogen and oxygen atoms in total. The summed E-state index contributed by atoms with van der Waals surface area (Å²) in [5, 5.41) is 9.51. The van der Waals surface area contributed by atoms with Gasteiger partial charge in [0.15, 0.2) is 0 Å². The molecule has 0 aromatic carbocycles. The molecule has 0 aromatic heterocycles. The van der Waals surface area contributed by atoms with Crippen LogP contribution in [-0.4, -0.2) is 5.11 Å². The second-order valence-corrected chi connectivity index (χ2v) is 6.89. The van der Waals surface area contributed by atoms with Crippen LogP contribution in [0.3, 0.4) is 0 Å². The van der Waals surface area contributed by atoms with Gasteiger partial charge >= 0.3 is 0 Å². The molecule has 0 saturated carbocycles. The summed E-state index contributed by atoms with van der Waals surface area (Å²) in [6.45, 7) is 23.3. The zero-order valence-corrected chi connectivity index (χ0v) is 15.8. The molecule has 0 fully saturated rings. The van der Waals surface area contributed by atoms with Gasteiger partial charge in [0, 0.05) is 5.41 Å². The maximum absolute atomic E-state index is 9.51. The highest BCUT2D eigenvalue weighted by Gasteiger charge is 2.38. The van der Waals surface area contributed by atoms with E-state index in [2.05, 4.69) is 61.6 Å². The van der Waals surface area contributed by atoms with Gasteiger partial charge in [-0.25, -0.2) is 0 Å². The quantitative estimate of drug-likeness (QED) is 0.535. The summed E-state index contributed by atoms with van der Waals surface area (Å²) >= 11 is 0. The van der Waals surface area contributed by atoms with E-state index < -0.39 is 0 Å². The van der Waals surface area contributed by atoms with Crippen LogP contribution in [-0.2, 0) is 0 Å². The monoisotopic (exact) mass is 304 g/mol. The van der Waals surface area contributed by atoms with Crippen LogP contribution in [0.25, 0.3) is 0 Å². The first-order valence-corrected chi connectivity index (χ1v) is 8.69. The minimum Gasteiger partial charge on any atom is -0.509 e. The molecule has 1 rings (SSSR count). The molecule has 0 aromatic rings. The summed E-state index contributed by atoms with van der Waals surface area (Å²) in [5.41, 5.74) is 5.02. The highest BCUT2D eigenvalue weighted by molar-refractivity contribution is 5.61. The first-order valence-electron chi connectivity index (χ1n) is 8.69. The molecule has 1 N–H and O–H groups in total. The summed E-state index contributed by atoms with van der Waals surface area (Å²) in [4.78, 5) is 0. The summed E-state index contributed by atoms with van der Waals surface area (Å²) < 4.78 is 0. The molecule has 0 heterocycles. The van der Waals surface area contributed by atoms with Crippen molar-refractivity contribution in [3.8, 4) is 0 Å². The van der Waals surface area contributed by atoms with Crippen molar-refractivity contribution >= 4 is 0 Å². The molecule has 0 bridgehead atoms. The Hall–Kier alpha value is -1.24. The molecule has 22 heavy (non-hydrogen) atoms. The predicted octanol–water partition coefficient (Wildman–Crippen LogP) is 7.14. The molecule has 0 spiro atoms. The number of hydrogen-bond donors (Lipinski definition) is 1. The van der Waals surface area contributed by atoms with Gasteiger partial charge < -0.3 is 5.11 Å². The standard InChI is InChI=1S/C18H28O.C3H8/c1-8-12(3)10-17-15(9-2)14(5)16(11-13(4)19)18(17,6)7;1-3-2/h11-12,19H,4-5,8-10H2,1-3,6-7H3;3H2,1-2H3/b16-11+;. The Morgan fingerprint density at radius 2 is 1.73 bits per heavy atom. The summed E-state index contributed by atoms with van der Waals surface area (Å²) in [6, 6.07) is 0. The van der Waals surface area contributed by atoms with Crippen molar-refractivity contribution in [1.82, 2.24) is 0 Å². The van der Waals surface area contributed by atoms with Crippen molar-refractivity contribution < 1.29 is 5.11 Å². The zero-order valence-electron chi connectivity index (χ0n) is 15.8. The first-order chi connectivity index (χ1) is 10.2. The van der Waals surface area contributed by atoms with Crippen molar-refractivity contribution in [3.63, 3.8) is 0 Å². The van der Waals surface area contributed by atoms with Gasteiger partial charge in [-0.05, 0) is 41.6 Å². The van der Waals surface area contributed by atoms with E-state index in [1.165, 1.54) is 24.0 Å². The molecular formula is C21H36O. The summed E-state index contributed by atoms with van der Waals surface area (Å²) in [7, 11) is 0. The number of rotatable bonds is 5. The number of allylic oxidation sites excluding steroid dienone is 5. The highest BCUT2D eigenvalue weighted by atomic mass is 16.3. The Kier molecular flexibility index (Phi) is 8.52. The molecule has 0 saturated heterocycles. The molecule has 1 aliphatic rings. The number of aliphatic hydroxyl groups is 1. The van der Waals surface area contributed by atoms with Crippen molar-refractivity contribution in [2.75, 3.05) is 0 Å². The predicted molar refractivity (Wildman–Crippen MR) is 100 cm³/mol. The molecule has 1 atom stereocenters. The third-order valence-electron chi connectivity index (χ3n) is 4.40. The molecule has 126 valence electrons. The van der Waals surface area contributed by atoms with Gasteiger partial charge in [0.2, 0.25) is 0 Å². The minimum atomic E-state index is -0.0441. The van der Waals surface area contributed by atoms with E-state index in [-0.39, 0.29) is 11.2 Å². The van der Waals surface area contributed by atoms with E-state index in [1.54, 1.807) is 6.08 Å². The fourth-order valence-electron chi connectivity index (χ4n) is 2.99. The highest BCUT2D eigenvalue weighted by Crippen LogP contribution is 2.52. The Bertz CT molecular complexity index is 460. The third kappa shape index (κ3) is 4.90. The second-order valence-electron chi connectivity index (χ2n) is 6.89. The smallest absolute Gasteiger partial charge is 0.108 e. The van der Waals surface area contributed by atoms with Crippen LogP contribution in [0.4, 0.5) is 0 Å². The zero-order chi connectivity index (χ0) is 17.5. The van der Waals surface area contributed by atoms with Crippen LogP contribution in [0.5, 0.6) is 0 Å². The molecule has 0 radical (unpaired) electrons. The van der Waals surface area contributed by atoms with Gasteiger partial charge in [-0.3, -0.25) is 0 Å². The van der Waals surface area contributed by atoms with E-state index in [9.17, 15) is 5.11 Å². The maximum atomic E-state index is 9.51. The van der Waals surface area contributed by atoms with Gasteiger partial charge in [0.05, 0.1) is 0 Å². The molecule has 1 heteroatoms. The van der Waals surface area contributed by atoms with Crippen molar-refractivity contribution in [2.45, 2.75) is 74.1 Å². The normalized spacial score (nSPS) is 20.0. The van der Waals surface area contributed by atoms with Gasteiger partial charge in [-0.2, -0.15) is 0 Å². The molecule has 1 unspecified atom stereocenters. The van der Waals surface area contributed by atoms with E-state index >= 15 is 0 Å². The maximum Gasteiger partial charge on any atom is 0.108 e.